The summed E-state index contributed by atoms with van der Waals surface area (Å²) in [7, 11) is 0. The van der Waals surface area contributed by atoms with E-state index in [1.54, 1.807) is 20.8 Å². The Morgan fingerprint density at radius 2 is 1.85 bits per heavy atom. The predicted octanol–water partition coefficient (Wildman–Crippen LogP) is 1.22. The summed E-state index contributed by atoms with van der Waals surface area (Å²) in [4.78, 5) is 35.6. The third-order valence-electron chi connectivity index (χ3n) is 2.44. The number of nitrogens with one attached hydrogen (secondary N) is 1. The van der Waals surface area contributed by atoms with Gasteiger partial charge in [0.25, 0.3) is 0 Å². The molecule has 0 aliphatic carbocycles. The lowest BCUT2D eigenvalue weighted by atomic mass is 10.0. The second kappa shape index (κ2) is 8.39. The number of aliphatic carboxylic acids is 1. The Labute approximate surface area is 119 Å². The maximum atomic E-state index is 12.1. The minimum atomic E-state index is -0.997. The van der Waals surface area contributed by atoms with Crippen molar-refractivity contribution in [1.82, 2.24) is 10.2 Å². The van der Waals surface area contributed by atoms with E-state index < -0.39 is 23.5 Å². The molecule has 0 aromatic heterocycles. The fourth-order valence-corrected chi connectivity index (χ4v) is 1.68. The minimum absolute atomic E-state index is 0.142. The molecule has 20 heavy (non-hydrogen) atoms. The van der Waals surface area contributed by atoms with Gasteiger partial charge in [0.15, 0.2) is 0 Å². The number of carboxylic acid groups (broad SMARTS) is 1. The van der Waals surface area contributed by atoms with E-state index in [2.05, 4.69) is 5.32 Å². The van der Waals surface area contributed by atoms with Crippen LogP contribution in [0.1, 0.15) is 40.5 Å². The summed E-state index contributed by atoms with van der Waals surface area (Å²) in [6.07, 6.45) is 0.490. The van der Waals surface area contributed by atoms with Crippen LogP contribution in [0.4, 0.5) is 4.79 Å². The minimum Gasteiger partial charge on any atom is -0.481 e. The van der Waals surface area contributed by atoms with Crippen LogP contribution in [0.25, 0.3) is 0 Å². The first-order valence-electron chi connectivity index (χ1n) is 6.66. The number of urea groups is 1. The fraction of sp³-hybridized carbons (Fsp3) is 0.769. The molecule has 0 aromatic rings. The second-order valence-corrected chi connectivity index (χ2v) is 5.11. The summed E-state index contributed by atoms with van der Waals surface area (Å²) in [6.45, 7) is 7.32. The molecule has 0 bridgehead atoms. The number of hydrogen-bond acceptors (Lipinski definition) is 4. The standard InChI is InChI=1S/C13H24N2O5/c1-5-7-15(9-11(18)20-6-2)12(19)14-13(3,4)8-10(16)17/h5-9H2,1-4H3,(H,14,19)(H,16,17). The Morgan fingerprint density at radius 3 is 2.30 bits per heavy atom. The first-order valence-corrected chi connectivity index (χ1v) is 6.66. The molecule has 0 aliphatic rings. The quantitative estimate of drug-likeness (QED) is 0.655. The molecule has 0 fully saturated rings. The van der Waals surface area contributed by atoms with Crippen LogP contribution in [0.15, 0.2) is 0 Å². The summed E-state index contributed by atoms with van der Waals surface area (Å²) in [5.74, 6) is -1.48. The van der Waals surface area contributed by atoms with Crippen molar-refractivity contribution in [3.8, 4) is 0 Å². The Morgan fingerprint density at radius 1 is 1.25 bits per heavy atom. The number of amides is 2. The van der Waals surface area contributed by atoms with Crippen LogP contribution in [-0.2, 0) is 14.3 Å². The molecule has 0 atom stereocenters. The number of carboxylic acids is 1. The fourth-order valence-electron chi connectivity index (χ4n) is 1.68. The highest BCUT2D eigenvalue weighted by molar-refractivity contribution is 5.82. The number of hydrogen-bond donors (Lipinski definition) is 2. The maximum Gasteiger partial charge on any atom is 0.325 e. The molecule has 0 aliphatic heterocycles. The summed E-state index contributed by atoms with van der Waals surface area (Å²) in [6, 6.07) is -0.467. The molecule has 0 rings (SSSR count). The van der Waals surface area contributed by atoms with Gasteiger partial charge in [-0.3, -0.25) is 9.59 Å². The predicted molar refractivity (Wildman–Crippen MR) is 73.4 cm³/mol. The van der Waals surface area contributed by atoms with Crippen LogP contribution in [-0.4, -0.2) is 53.2 Å². The van der Waals surface area contributed by atoms with Gasteiger partial charge < -0.3 is 20.1 Å². The molecule has 0 heterocycles. The molecular weight excluding hydrogens is 264 g/mol. The molecule has 0 aromatic carbocycles. The zero-order valence-electron chi connectivity index (χ0n) is 12.6. The van der Waals surface area contributed by atoms with E-state index in [-0.39, 0.29) is 19.6 Å². The lowest BCUT2D eigenvalue weighted by molar-refractivity contribution is -0.144. The average Bonchev–Trinajstić information content (AvgIpc) is 2.26. The van der Waals surface area contributed by atoms with E-state index >= 15 is 0 Å². The van der Waals surface area contributed by atoms with Crippen LogP contribution in [0.5, 0.6) is 0 Å². The number of carbonyl (C=O) groups is 3. The van der Waals surface area contributed by atoms with E-state index in [4.69, 9.17) is 9.84 Å². The number of nitrogens with zero attached hydrogens (tertiary/aromatic N) is 1. The number of carbonyl (C=O) groups excluding carboxylic acids is 2. The number of ether oxygens (including phenoxy) is 1. The van der Waals surface area contributed by atoms with E-state index in [9.17, 15) is 14.4 Å². The van der Waals surface area contributed by atoms with Crippen molar-refractivity contribution in [2.24, 2.45) is 0 Å². The van der Waals surface area contributed by atoms with Crippen LogP contribution in [0.3, 0.4) is 0 Å². The van der Waals surface area contributed by atoms with Crippen LogP contribution in [0.2, 0.25) is 0 Å². The molecule has 7 nitrogen and oxygen atoms in total. The zero-order chi connectivity index (χ0) is 15.8. The van der Waals surface area contributed by atoms with Gasteiger partial charge in [-0.2, -0.15) is 0 Å². The summed E-state index contributed by atoms with van der Waals surface area (Å²) >= 11 is 0. The smallest absolute Gasteiger partial charge is 0.325 e. The molecule has 0 radical (unpaired) electrons. The molecule has 0 unspecified atom stereocenters. The largest absolute Gasteiger partial charge is 0.481 e. The Bertz CT molecular complexity index is 355. The van der Waals surface area contributed by atoms with Crippen LogP contribution >= 0.6 is 0 Å². The van der Waals surface area contributed by atoms with Crippen LogP contribution < -0.4 is 5.32 Å². The summed E-state index contributed by atoms with van der Waals surface area (Å²) < 4.78 is 4.81. The van der Waals surface area contributed by atoms with Crippen molar-refractivity contribution in [2.45, 2.75) is 46.1 Å². The Hall–Kier alpha value is -1.79. The lowest BCUT2D eigenvalue weighted by Crippen LogP contribution is -2.52. The van der Waals surface area contributed by atoms with Gasteiger partial charge in [-0.25, -0.2) is 4.79 Å². The van der Waals surface area contributed by atoms with Gasteiger partial charge >= 0.3 is 18.0 Å². The first-order chi connectivity index (χ1) is 9.21. The van der Waals surface area contributed by atoms with Crippen molar-refractivity contribution in [3.63, 3.8) is 0 Å². The second-order valence-electron chi connectivity index (χ2n) is 5.11. The van der Waals surface area contributed by atoms with Gasteiger partial charge in [0, 0.05) is 12.1 Å². The van der Waals surface area contributed by atoms with E-state index in [1.165, 1.54) is 4.90 Å². The molecule has 2 amide bonds. The van der Waals surface area contributed by atoms with Crippen LogP contribution in [0, 0.1) is 0 Å². The Kier molecular flexibility index (Phi) is 7.64. The Balaban J connectivity index is 4.63. The number of rotatable bonds is 8. The van der Waals surface area contributed by atoms with Gasteiger partial charge in [0.1, 0.15) is 6.54 Å². The first kappa shape index (κ1) is 18.2. The van der Waals surface area contributed by atoms with E-state index in [0.717, 1.165) is 0 Å². The monoisotopic (exact) mass is 288 g/mol. The zero-order valence-corrected chi connectivity index (χ0v) is 12.6. The normalized spacial score (nSPS) is 10.8. The molecule has 116 valence electrons. The molecule has 0 saturated carbocycles. The molecule has 0 spiro atoms. The molecular formula is C13H24N2O5. The highest BCUT2D eigenvalue weighted by Gasteiger charge is 2.27. The van der Waals surface area contributed by atoms with Gasteiger partial charge in [0.2, 0.25) is 0 Å². The third kappa shape index (κ3) is 7.60. The summed E-state index contributed by atoms with van der Waals surface area (Å²) in [5.41, 5.74) is -0.885. The SMILES string of the molecule is CCCN(CC(=O)OCC)C(=O)NC(C)(C)CC(=O)O. The number of esters is 1. The van der Waals surface area contributed by atoms with Gasteiger partial charge in [-0.05, 0) is 27.2 Å². The van der Waals surface area contributed by atoms with Crippen molar-refractivity contribution in [2.75, 3.05) is 19.7 Å². The van der Waals surface area contributed by atoms with Crippen molar-refractivity contribution >= 4 is 18.0 Å². The molecule has 2 N–H and O–H groups in total. The van der Waals surface area contributed by atoms with Gasteiger partial charge in [0.05, 0.1) is 13.0 Å². The van der Waals surface area contributed by atoms with E-state index in [1.807, 2.05) is 6.92 Å². The van der Waals surface area contributed by atoms with E-state index in [0.29, 0.717) is 13.0 Å². The topological polar surface area (TPSA) is 95.9 Å². The molecule has 0 saturated heterocycles. The highest BCUT2D eigenvalue weighted by Crippen LogP contribution is 2.09. The average molecular weight is 288 g/mol. The third-order valence-corrected chi connectivity index (χ3v) is 2.44. The highest BCUT2D eigenvalue weighted by atomic mass is 16.5. The van der Waals surface area contributed by atoms with Gasteiger partial charge in [-0.1, -0.05) is 6.92 Å². The van der Waals surface area contributed by atoms with Gasteiger partial charge in [-0.15, -0.1) is 0 Å². The summed E-state index contributed by atoms with van der Waals surface area (Å²) in [5, 5.41) is 11.4. The maximum absolute atomic E-state index is 12.1. The molecule has 7 heteroatoms. The van der Waals surface area contributed by atoms with Crippen molar-refractivity contribution < 1.29 is 24.2 Å². The lowest BCUT2D eigenvalue weighted by Gasteiger charge is -2.29. The van der Waals surface area contributed by atoms with Crippen molar-refractivity contribution in [3.05, 3.63) is 0 Å². The van der Waals surface area contributed by atoms with Crippen molar-refractivity contribution in [1.29, 1.82) is 0 Å².